The number of Topliss-reactive ketones (excluding diaryl/α,β-unsaturated/α-hetero) is 1. The van der Waals surface area contributed by atoms with E-state index in [2.05, 4.69) is 15.3 Å². The highest BCUT2D eigenvalue weighted by atomic mass is 16.2. The molecule has 36 heavy (non-hydrogen) atoms. The Bertz CT molecular complexity index is 1300. The topological polar surface area (TPSA) is 115 Å². The fourth-order valence-corrected chi connectivity index (χ4v) is 3.92. The van der Waals surface area contributed by atoms with Crippen molar-refractivity contribution in [1.29, 1.82) is 0 Å². The molecule has 2 amide bonds. The van der Waals surface area contributed by atoms with Crippen LogP contribution in [-0.4, -0.2) is 24.1 Å². The van der Waals surface area contributed by atoms with Gasteiger partial charge in [0.2, 0.25) is 5.91 Å². The summed E-state index contributed by atoms with van der Waals surface area (Å²) in [7, 11) is 0. The minimum atomic E-state index is -1.20. The molecule has 0 saturated carbocycles. The zero-order valence-corrected chi connectivity index (χ0v) is 20.6. The number of benzene rings is 3. The predicted octanol–water partition coefficient (Wildman–Crippen LogP) is 6.44. The van der Waals surface area contributed by atoms with Crippen LogP contribution in [0.15, 0.2) is 77.9 Å². The Balaban J connectivity index is 2.30. The number of anilines is 1. The third-order valence-electron chi connectivity index (χ3n) is 5.78. The van der Waals surface area contributed by atoms with Crippen LogP contribution in [0.1, 0.15) is 64.6 Å². The van der Waals surface area contributed by atoms with E-state index in [9.17, 15) is 14.4 Å². The normalized spacial score (nSPS) is 11.2. The maximum absolute atomic E-state index is 14.1. The molecule has 0 aromatic heterocycles. The number of aryl methyl sites for hydroxylation is 1. The third-order valence-corrected chi connectivity index (χ3v) is 5.78. The van der Waals surface area contributed by atoms with Crippen molar-refractivity contribution in [3.8, 4) is 0 Å². The second-order valence-corrected chi connectivity index (χ2v) is 8.41. The van der Waals surface area contributed by atoms with Gasteiger partial charge in [-0.15, -0.1) is 0 Å². The van der Waals surface area contributed by atoms with Crippen molar-refractivity contribution in [1.82, 2.24) is 5.32 Å². The first-order valence-corrected chi connectivity index (χ1v) is 11.8. The van der Waals surface area contributed by atoms with Gasteiger partial charge in [0.05, 0.1) is 5.69 Å². The van der Waals surface area contributed by atoms with Crippen LogP contribution in [0, 0.1) is 6.92 Å². The van der Waals surface area contributed by atoms with E-state index in [1.807, 2.05) is 26.0 Å². The summed E-state index contributed by atoms with van der Waals surface area (Å²) < 4.78 is 0. The highest BCUT2D eigenvalue weighted by Gasteiger charge is 2.36. The molecule has 0 saturated heterocycles. The lowest BCUT2D eigenvalue weighted by atomic mass is 9.98. The van der Waals surface area contributed by atoms with E-state index < -0.39 is 17.9 Å². The first-order valence-electron chi connectivity index (χ1n) is 11.8. The number of rotatable bonds is 10. The number of amides is 2. The summed E-state index contributed by atoms with van der Waals surface area (Å²) >= 11 is 0. The summed E-state index contributed by atoms with van der Waals surface area (Å²) in [5.41, 5.74) is 11.6. The van der Waals surface area contributed by atoms with Crippen LogP contribution in [0.25, 0.3) is 10.4 Å². The molecule has 0 fully saturated rings. The molecule has 1 unspecified atom stereocenters. The highest BCUT2D eigenvalue weighted by Crippen LogP contribution is 2.36. The largest absolute Gasteiger partial charge is 0.354 e. The maximum Gasteiger partial charge on any atom is 0.259 e. The van der Waals surface area contributed by atoms with Crippen LogP contribution in [0.4, 0.5) is 11.4 Å². The van der Waals surface area contributed by atoms with Crippen LogP contribution < -0.4 is 10.2 Å². The first-order chi connectivity index (χ1) is 17.4. The summed E-state index contributed by atoms with van der Waals surface area (Å²) in [6, 6.07) is 19.1. The van der Waals surface area contributed by atoms with Gasteiger partial charge in [0.1, 0.15) is 6.04 Å². The standard InChI is InChI=1S/C28H29N5O3/c1-4-5-18-30-27(35)26(23-11-6-8-12-24(23)31-32-29)33(25-13-9-7-10-22(25)20(3)34)28(36)21-16-14-19(2)15-17-21/h6-17,26H,4-5,18H2,1-3H3,(H,30,35). The molecule has 1 atom stereocenters. The Morgan fingerprint density at radius 3 is 2.33 bits per heavy atom. The Hall–Kier alpha value is -4.42. The van der Waals surface area contributed by atoms with Gasteiger partial charge in [0, 0.05) is 28.3 Å². The monoisotopic (exact) mass is 483 g/mol. The number of nitrogens with one attached hydrogen (secondary N) is 1. The van der Waals surface area contributed by atoms with Gasteiger partial charge >= 0.3 is 0 Å². The van der Waals surface area contributed by atoms with Crippen molar-refractivity contribution in [2.75, 3.05) is 11.4 Å². The molecular weight excluding hydrogens is 454 g/mol. The number of para-hydroxylation sites is 1. The Morgan fingerprint density at radius 2 is 1.67 bits per heavy atom. The molecule has 0 spiro atoms. The molecular formula is C28H29N5O3. The van der Waals surface area contributed by atoms with Crippen LogP contribution in [0.3, 0.4) is 0 Å². The molecule has 0 aliphatic heterocycles. The minimum Gasteiger partial charge on any atom is -0.354 e. The molecule has 8 nitrogen and oxygen atoms in total. The quantitative estimate of drug-likeness (QED) is 0.117. The molecule has 3 aromatic rings. The number of hydrogen-bond donors (Lipinski definition) is 1. The van der Waals surface area contributed by atoms with Crippen molar-refractivity contribution >= 4 is 29.0 Å². The van der Waals surface area contributed by atoms with Crippen molar-refractivity contribution in [3.63, 3.8) is 0 Å². The SMILES string of the molecule is CCCCNC(=O)C(c1ccccc1N=[N+]=[N-])N(C(=O)c1ccc(C)cc1)c1ccccc1C(C)=O. The Kier molecular flexibility index (Phi) is 8.97. The molecule has 0 bridgehead atoms. The van der Waals surface area contributed by atoms with E-state index in [-0.39, 0.29) is 11.5 Å². The van der Waals surface area contributed by atoms with Crippen LogP contribution in [0.2, 0.25) is 0 Å². The molecule has 0 aliphatic carbocycles. The van der Waals surface area contributed by atoms with Gasteiger partial charge in [-0.05, 0) is 55.6 Å². The molecule has 0 radical (unpaired) electrons. The van der Waals surface area contributed by atoms with Gasteiger partial charge in [-0.2, -0.15) is 0 Å². The van der Waals surface area contributed by atoms with E-state index in [0.717, 1.165) is 18.4 Å². The highest BCUT2D eigenvalue weighted by molar-refractivity contribution is 6.13. The number of carbonyl (C=O) groups is 3. The first kappa shape index (κ1) is 26.2. The van der Waals surface area contributed by atoms with Crippen LogP contribution in [-0.2, 0) is 4.79 Å². The third kappa shape index (κ3) is 5.98. The number of carbonyl (C=O) groups excluding carboxylic acids is 3. The molecule has 0 aliphatic rings. The van der Waals surface area contributed by atoms with Gasteiger partial charge in [-0.1, -0.05) is 72.6 Å². The molecule has 184 valence electrons. The number of azide groups is 1. The van der Waals surface area contributed by atoms with E-state index in [1.54, 1.807) is 60.7 Å². The second-order valence-electron chi connectivity index (χ2n) is 8.41. The smallest absolute Gasteiger partial charge is 0.259 e. The number of nitrogens with zero attached hydrogens (tertiary/aromatic N) is 4. The summed E-state index contributed by atoms with van der Waals surface area (Å²) in [4.78, 5) is 44.6. The summed E-state index contributed by atoms with van der Waals surface area (Å²) in [5, 5.41) is 6.69. The predicted molar refractivity (Wildman–Crippen MR) is 140 cm³/mol. The van der Waals surface area contributed by atoms with Crippen LogP contribution in [0.5, 0.6) is 0 Å². The van der Waals surface area contributed by atoms with Crippen molar-refractivity contribution in [2.24, 2.45) is 5.11 Å². The van der Waals surface area contributed by atoms with Gasteiger partial charge in [-0.3, -0.25) is 19.3 Å². The Morgan fingerprint density at radius 1 is 1.00 bits per heavy atom. The number of unbranched alkanes of at least 4 members (excludes halogenated alkanes) is 1. The van der Waals surface area contributed by atoms with Gasteiger partial charge in [0.15, 0.2) is 5.78 Å². The lowest BCUT2D eigenvalue weighted by Crippen LogP contribution is -2.45. The molecule has 0 heterocycles. The second kappa shape index (κ2) is 12.3. The summed E-state index contributed by atoms with van der Waals surface area (Å²) in [5.74, 6) is -1.15. The molecule has 1 N–H and O–H groups in total. The lowest BCUT2D eigenvalue weighted by Gasteiger charge is -2.33. The lowest BCUT2D eigenvalue weighted by molar-refractivity contribution is -0.122. The molecule has 3 rings (SSSR count). The van der Waals surface area contributed by atoms with Crippen LogP contribution >= 0.6 is 0 Å². The van der Waals surface area contributed by atoms with E-state index >= 15 is 0 Å². The van der Waals surface area contributed by atoms with Crippen molar-refractivity contribution < 1.29 is 14.4 Å². The molecule has 8 heteroatoms. The average Bonchev–Trinajstić information content (AvgIpc) is 2.88. The summed E-state index contributed by atoms with van der Waals surface area (Å²) in [6.07, 6.45) is 1.63. The van der Waals surface area contributed by atoms with E-state index in [1.165, 1.54) is 11.8 Å². The average molecular weight is 484 g/mol. The number of hydrogen-bond acceptors (Lipinski definition) is 4. The number of ketones is 1. The van der Waals surface area contributed by atoms with E-state index in [4.69, 9.17) is 5.53 Å². The zero-order valence-electron chi connectivity index (χ0n) is 20.6. The van der Waals surface area contributed by atoms with E-state index in [0.29, 0.717) is 28.9 Å². The zero-order chi connectivity index (χ0) is 26.1. The van der Waals surface area contributed by atoms with Gasteiger partial charge in [0.25, 0.3) is 5.91 Å². The fourth-order valence-electron chi connectivity index (χ4n) is 3.92. The fraction of sp³-hybridized carbons (Fsp3) is 0.250. The molecule has 3 aromatic carbocycles. The summed E-state index contributed by atoms with van der Waals surface area (Å²) in [6.45, 7) is 5.75. The van der Waals surface area contributed by atoms with Gasteiger partial charge in [-0.25, -0.2) is 0 Å². The van der Waals surface area contributed by atoms with Crippen molar-refractivity contribution in [2.45, 2.75) is 39.7 Å². The van der Waals surface area contributed by atoms with Crippen molar-refractivity contribution in [3.05, 3.63) is 105 Å². The Labute approximate surface area is 210 Å². The van der Waals surface area contributed by atoms with Gasteiger partial charge < -0.3 is 5.32 Å². The minimum absolute atomic E-state index is 0.220. The maximum atomic E-state index is 14.1.